The number of halogens is 1. The van der Waals surface area contributed by atoms with E-state index < -0.39 is 11.7 Å². The highest BCUT2D eigenvalue weighted by Crippen LogP contribution is 2.26. The van der Waals surface area contributed by atoms with Crippen LogP contribution in [0, 0.1) is 11.7 Å². The van der Waals surface area contributed by atoms with Gasteiger partial charge in [0.15, 0.2) is 0 Å². The highest BCUT2D eigenvalue weighted by atomic mass is 19.1. The van der Waals surface area contributed by atoms with Crippen LogP contribution in [-0.4, -0.2) is 62.7 Å². The Morgan fingerprint density at radius 1 is 1.25 bits per heavy atom. The number of nitrogens with one attached hydrogen (secondary N) is 2. The second-order valence-electron chi connectivity index (χ2n) is 8.20. The minimum absolute atomic E-state index is 0.0340. The fourth-order valence-corrected chi connectivity index (χ4v) is 3.58. The molecule has 2 N–H and O–H groups in total. The molecule has 0 bridgehead atoms. The van der Waals surface area contributed by atoms with Gasteiger partial charge in [0.05, 0.1) is 17.2 Å². The maximum absolute atomic E-state index is 13.9. The number of hydrogen-bond donors (Lipinski definition) is 2. The van der Waals surface area contributed by atoms with Crippen LogP contribution in [0.1, 0.15) is 34.6 Å². The number of ether oxygens (including phenoxy) is 2. The Kier molecular flexibility index (Phi) is 7.82. The zero-order valence-corrected chi connectivity index (χ0v) is 18.9. The van der Waals surface area contributed by atoms with Gasteiger partial charge in [-0.3, -0.25) is 9.59 Å². The van der Waals surface area contributed by atoms with Gasteiger partial charge in [0, 0.05) is 45.0 Å². The Bertz CT molecular complexity index is 968. The van der Waals surface area contributed by atoms with E-state index in [1.165, 1.54) is 18.2 Å². The first-order valence-corrected chi connectivity index (χ1v) is 10.6. The summed E-state index contributed by atoms with van der Waals surface area (Å²) in [4.78, 5) is 27.2. The first-order valence-electron chi connectivity index (χ1n) is 10.6. The first-order chi connectivity index (χ1) is 15.3. The monoisotopic (exact) mass is 443 g/mol. The Balaban J connectivity index is 1.88. The number of benzene rings is 2. The molecule has 0 spiro atoms. The molecule has 2 aromatic carbocycles. The zero-order chi connectivity index (χ0) is 23.3. The van der Waals surface area contributed by atoms with Crippen LogP contribution in [0.3, 0.4) is 0 Å². The van der Waals surface area contributed by atoms with Crippen LogP contribution in [0.25, 0.3) is 0 Å². The largest absolute Gasteiger partial charge is 0.491 e. The van der Waals surface area contributed by atoms with E-state index in [0.717, 1.165) is 6.54 Å². The van der Waals surface area contributed by atoms with Crippen molar-refractivity contribution in [1.82, 2.24) is 10.2 Å². The average molecular weight is 444 g/mol. The second-order valence-corrected chi connectivity index (χ2v) is 8.20. The molecule has 172 valence electrons. The maximum atomic E-state index is 13.9. The van der Waals surface area contributed by atoms with Gasteiger partial charge < -0.3 is 25.0 Å². The SMILES string of the molecule is CO[C@H]1CN(C)C(=O)c2ccc(NC(=O)c3ccccc3F)cc2OC[C@@H](C)NC[C@@H]1C. The van der Waals surface area contributed by atoms with Crippen LogP contribution in [0.4, 0.5) is 10.1 Å². The van der Waals surface area contributed by atoms with Crippen molar-refractivity contribution in [1.29, 1.82) is 0 Å². The summed E-state index contributed by atoms with van der Waals surface area (Å²) < 4.78 is 25.5. The second kappa shape index (κ2) is 10.6. The molecule has 0 fully saturated rings. The molecule has 2 aromatic rings. The minimum atomic E-state index is -0.605. The fraction of sp³-hybridized carbons (Fsp3) is 0.417. The molecule has 0 aromatic heterocycles. The molecule has 0 saturated heterocycles. The molecule has 2 amide bonds. The highest BCUT2D eigenvalue weighted by molar-refractivity contribution is 6.05. The molecule has 1 heterocycles. The molecule has 0 saturated carbocycles. The van der Waals surface area contributed by atoms with Crippen molar-refractivity contribution in [3.05, 3.63) is 59.4 Å². The van der Waals surface area contributed by atoms with Crippen LogP contribution in [-0.2, 0) is 4.74 Å². The van der Waals surface area contributed by atoms with Gasteiger partial charge in [-0.05, 0) is 37.1 Å². The van der Waals surface area contributed by atoms with Crippen molar-refractivity contribution in [3.63, 3.8) is 0 Å². The summed E-state index contributed by atoms with van der Waals surface area (Å²) >= 11 is 0. The van der Waals surface area contributed by atoms with Crippen LogP contribution in [0.2, 0.25) is 0 Å². The number of carbonyl (C=O) groups is 2. The smallest absolute Gasteiger partial charge is 0.258 e. The lowest BCUT2D eigenvalue weighted by Crippen LogP contribution is -2.44. The molecule has 3 atom stereocenters. The van der Waals surface area contributed by atoms with Crippen LogP contribution < -0.4 is 15.4 Å². The number of rotatable bonds is 3. The summed E-state index contributed by atoms with van der Waals surface area (Å²) in [6, 6.07) is 10.6. The summed E-state index contributed by atoms with van der Waals surface area (Å²) in [5.41, 5.74) is 0.727. The fourth-order valence-electron chi connectivity index (χ4n) is 3.58. The number of likely N-dealkylation sites (N-methyl/N-ethyl adjacent to an activating group) is 1. The molecule has 7 nitrogen and oxygen atoms in total. The van der Waals surface area contributed by atoms with E-state index >= 15 is 0 Å². The molecule has 3 rings (SSSR count). The predicted octanol–water partition coefficient (Wildman–Crippen LogP) is 3.17. The lowest BCUT2D eigenvalue weighted by atomic mass is 10.0. The molecule has 1 aliphatic heterocycles. The summed E-state index contributed by atoms with van der Waals surface area (Å²) in [6.45, 7) is 5.56. The molecule has 1 aliphatic rings. The molecular formula is C24H30FN3O4. The standard InChI is InChI=1S/C24H30FN3O4/c1-15-12-26-16(2)14-32-21-11-17(27-23(29)18-7-5-6-8-20(18)25)9-10-19(21)24(30)28(3)13-22(15)31-4/h5-11,15-16,22,26H,12-14H2,1-4H3,(H,27,29)/t15-,16+,22-/m0/s1. The Morgan fingerprint density at radius 3 is 2.72 bits per heavy atom. The average Bonchev–Trinajstić information content (AvgIpc) is 2.78. The molecule has 0 unspecified atom stereocenters. The van der Waals surface area contributed by atoms with E-state index in [1.54, 1.807) is 43.3 Å². The Labute approximate surface area is 187 Å². The van der Waals surface area contributed by atoms with Crippen molar-refractivity contribution in [2.75, 3.05) is 39.2 Å². The van der Waals surface area contributed by atoms with Gasteiger partial charge in [-0.15, -0.1) is 0 Å². The third kappa shape index (κ3) is 5.63. The van der Waals surface area contributed by atoms with Gasteiger partial charge in [0.2, 0.25) is 0 Å². The Hall–Kier alpha value is -2.97. The number of nitrogens with zero attached hydrogens (tertiary/aromatic N) is 1. The number of amides is 2. The van der Waals surface area contributed by atoms with Gasteiger partial charge in [-0.1, -0.05) is 19.1 Å². The van der Waals surface area contributed by atoms with Crippen molar-refractivity contribution < 1.29 is 23.5 Å². The van der Waals surface area contributed by atoms with Crippen molar-refractivity contribution in [2.45, 2.75) is 26.0 Å². The van der Waals surface area contributed by atoms with Gasteiger partial charge in [-0.25, -0.2) is 4.39 Å². The molecular weight excluding hydrogens is 413 g/mol. The van der Waals surface area contributed by atoms with Crippen LogP contribution in [0.5, 0.6) is 5.75 Å². The van der Waals surface area contributed by atoms with E-state index in [-0.39, 0.29) is 29.5 Å². The van der Waals surface area contributed by atoms with Gasteiger partial charge >= 0.3 is 0 Å². The summed E-state index contributed by atoms with van der Waals surface area (Å²) in [7, 11) is 3.37. The zero-order valence-electron chi connectivity index (χ0n) is 18.9. The number of hydrogen-bond acceptors (Lipinski definition) is 5. The maximum Gasteiger partial charge on any atom is 0.258 e. The van der Waals surface area contributed by atoms with Gasteiger partial charge in [0.1, 0.15) is 18.2 Å². The van der Waals surface area contributed by atoms with E-state index in [1.807, 2.05) is 6.92 Å². The van der Waals surface area contributed by atoms with Crippen LogP contribution >= 0.6 is 0 Å². The molecule has 8 heteroatoms. The normalized spacial score (nSPS) is 22.2. The van der Waals surface area contributed by atoms with Crippen LogP contribution in [0.15, 0.2) is 42.5 Å². The van der Waals surface area contributed by atoms with Crippen molar-refractivity contribution in [2.24, 2.45) is 5.92 Å². The molecule has 0 radical (unpaired) electrons. The summed E-state index contributed by atoms with van der Waals surface area (Å²) in [5, 5.41) is 6.10. The molecule has 0 aliphatic carbocycles. The quantitative estimate of drug-likeness (QED) is 0.762. The third-order valence-electron chi connectivity index (χ3n) is 5.60. The number of anilines is 1. The van der Waals surface area contributed by atoms with Crippen molar-refractivity contribution >= 4 is 17.5 Å². The molecule has 32 heavy (non-hydrogen) atoms. The van der Waals surface area contributed by atoms with E-state index in [4.69, 9.17) is 9.47 Å². The summed E-state index contributed by atoms with van der Waals surface area (Å²) in [5.74, 6) is -0.836. The van der Waals surface area contributed by atoms with Gasteiger partial charge in [-0.2, -0.15) is 0 Å². The third-order valence-corrected chi connectivity index (χ3v) is 5.60. The number of fused-ring (bicyclic) bond motifs is 1. The topological polar surface area (TPSA) is 79.9 Å². The minimum Gasteiger partial charge on any atom is -0.491 e. The number of methoxy groups -OCH3 is 1. The number of carbonyl (C=O) groups excluding carboxylic acids is 2. The Morgan fingerprint density at radius 2 is 2.00 bits per heavy atom. The van der Waals surface area contributed by atoms with Gasteiger partial charge in [0.25, 0.3) is 11.8 Å². The van der Waals surface area contributed by atoms with E-state index in [2.05, 4.69) is 17.6 Å². The highest BCUT2D eigenvalue weighted by Gasteiger charge is 2.25. The lowest BCUT2D eigenvalue weighted by molar-refractivity contribution is 0.0281. The van der Waals surface area contributed by atoms with Crippen molar-refractivity contribution in [3.8, 4) is 5.75 Å². The first kappa shape index (κ1) is 23.7. The summed E-state index contributed by atoms with van der Waals surface area (Å²) in [6.07, 6.45) is -0.119. The lowest BCUT2D eigenvalue weighted by Gasteiger charge is -2.30. The van der Waals surface area contributed by atoms with E-state index in [0.29, 0.717) is 30.2 Å². The van der Waals surface area contributed by atoms with E-state index in [9.17, 15) is 14.0 Å². The predicted molar refractivity (Wildman–Crippen MR) is 121 cm³/mol.